The SMILES string of the molecule is COc1c(Nc2cc(NC(=O)C3CC3)nnc2C(=O)O)cccc1-c1ccc(SC(C)C)nn1. The van der Waals surface area contributed by atoms with Crippen LogP contribution in [0.25, 0.3) is 11.3 Å². The van der Waals surface area contributed by atoms with Gasteiger partial charge in [0.1, 0.15) is 5.03 Å². The molecule has 1 aliphatic rings. The molecule has 11 heteroatoms. The molecule has 1 saturated carbocycles. The minimum atomic E-state index is -1.26. The molecule has 0 radical (unpaired) electrons. The Morgan fingerprint density at radius 2 is 1.88 bits per heavy atom. The summed E-state index contributed by atoms with van der Waals surface area (Å²) in [6.07, 6.45) is 1.67. The summed E-state index contributed by atoms with van der Waals surface area (Å²) in [5.41, 5.74) is 1.67. The van der Waals surface area contributed by atoms with Crippen molar-refractivity contribution in [3.05, 3.63) is 42.1 Å². The number of rotatable bonds is 9. The number of aromatic nitrogens is 4. The first kappa shape index (κ1) is 23.4. The summed E-state index contributed by atoms with van der Waals surface area (Å²) >= 11 is 1.62. The molecule has 34 heavy (non-hydrogen) atoms. The van der Waals surface area contributed by atoms with E-state index in [0.717, 1.165) is 17.9 Å². The van der Waals surface area contributed by atoms with E-state index in [1.807, 2.05) is 18.2 Å². The summed E-state index contributed by atoms with van der Waals surface area (Å²) in [5.74, 6) is -0.808. The molecule has 0 atom stereocenters. The molecule has 0 unspecified atom stereocenters. The van der Waals surface area contributed by atoms with Gasteiger partial charge < -0.3 is 20.5 Å². The molecule has 3 aromatic rings. The highest BCUT2D eigenvalue weighted by Crippen LogP contribution is 2.38. The van der Waals surface area contributed by atoms with E-state index in [4.69, 9.17) is 4.74 Å². The lowest BCUT2D eigenvalue weighted by Crippen LogP contribution is -2.16. The minimum Gasteiger partial charge on any atom is -0.494 e. The van der Waals surface area contributed by atoms with Gasteiger partial charge in [0, 0.05) is 22.8 Å². The Labute approximate surface area is 200 Å². The number of carbonyl (C=O) groups is 2. The number of anilines is 3. The first-order valence-corrected chi connectivity index (χ1v) is 11.6. The maximum absolute atomic E-state index is 12.1. The number of ether oxygens (including phenoxy) is 1. The van der Waals surface area contributed by atoms with E-state index in [-0.39, 0.29) is 29.0 Å². The highest BCUT2D eigenvalue weighted by Gasteiger charge is 2.30. The Balaban J connectivity index is 1.66. The molecule has 1 aromatic carbocycles. The molecule has 3 N–H and O–H groups in total. The standard InChI is InChI=1S/C23H24N6O4S/c1-12(2)34-19-10-9-15(26-28-19)14-5-4-6-16(21(14)33-3)24-17-11-18(25-22(30)13-7-8-13)27-29-20(17)23(31)32/h4-6,9-13H,7-8H2,1-3H3,(H,31,32)(H2,24,25,27,30). The Morgan fingerprint density at radius 3 is 2.50 bits per heavy atom. The van der Waals surface area contributed by atoms with Crippen LogP contribution in [0.5, 0.6) is 5.75 Å². The lowest BCUT2D eigenvalue weighted by atomic mass is 10.1. The number of hydrogen-bond acceptors (Lipinski definition) is 9. The smallest absolute Gasteiger partial charge is 0.358 e. The maximum Gasteiger partial charge on any atom is 0.358 e. The van der Waals surface area contributed by atoms with Crippen molar-refractivity contribution in [3.8, 4) is 17.0 Å². The second-order valence-corrected chi connectivity index (χ2v) is 9.59. The van der Waals surface area contributed by atoms with Crippen LogP contribution in [-0.2, 0) is 4.79 Å². The van der Waals surface area contributed by atoms with Crippen LogP contribution < -0.4 is 15.4 Å². The molecule has 176 valence electrons. The molecule has 2 aromatic heterocycles. The number of nitrogens with one attached hydrogen (secondary N) is 2. The molecular formula is C23H24N6O4S. The normalized spacial score (nSPS) is 12.9. The van der Waals surface area contributed by atoms with Gasteiger partial charge >= 0.3 is 5.97 Å². The van der Waals surface area contributed by atoms with E-state index in [0.29, 0.717) is 27.9 Å². The van der Waals surface area contributed by atoms with Crippen LogP contribution in [0.1, 0.15) is 37.2 Å². The zero-order valence-electron chi connectivity index (χ0n) is 18.9. The highest BCUT2D eigenvalue weighted by atomic mass is 32.2. The lowest BCUT2D eigenvalue weighted by Gasteiger charge is -2.16. The number of para-hydroxylation sites is 1. The minimum absolute atomic E-state index is 0.0272. The number of carboxylic acid groups (broad SMARTS) is 1. The number of nitrogens with zero attached hydrogens (tertiary/aromatic N) is 4. The second-order valence-electron chi connectivity index (χ2n) is 8.00. The van der Waals surface area contributed by atoms with Gasteiger partial charge in [0.15, 0.2) is 17.3 Å². The Kier molecular flexibility index (Phi) is 6.92. The first-order chi connectivity index (χ1) is 16.4. The number of benzene rings is 1. The molecule has 0 bridgehead atoms. The zero-order valence-corrected chi connectivity index (χ0v) is 19.7. The van der Waals surface area contributed by atoms with Gasteiger partial charge in [-0.3, -0.25) is 4.79 Å². The van der Waals surface area contributed by atoms with Crippen molar-refractivity contribution < 1.29 is 19.4 Å². The topological polar surface area (TPSA) is 139 Å². The molecular weight excluding hydrogens is 456 g/mol. The van der Waals surface area contributed by atoms with E-state index >= 15 is 0 Å². The number of thioether (sulfide) groups is 1. The lowest BCUT2D eigenvalue weighted by molar-refractivity contribution is -0.117. The van der Waals surface area contributed by atoms with Crippen LogP contribution in [0.2, 0.25) is 0 Å². The number of carboxylic acids is 1. The van der Waals surface area contributed by atoms with E-state index in [2.05, 4.69) is 44.9 Å². The monoisotopic (exact) mass is 480 g/mol. The van der Waals surface area contributed by atoms with Gasteiger partial charge in [-0.2, -0.15) is 0 Å². The average Bonchev–Trinajstić information content (AvgIpc) is 3.65. The molecule has 2 heterocycles. The summed E-state index contributed by atoms with van der Waals surface area (Å²) in [7, 11) is 1.52. The van der Waals surface area contributed by atoms with Crippen LogP contribution in [0.3, 0.4) is 0 Å². The van der Waals surface area contributed by atoms with Gasteiger partial charge in [-0.15, -0.1) is 32.2 Å². The molecule has 10 nitrogen and oxygen atoms in total. The van der Waals surface area contributed by atoms with E-state index < -0.39 is 5.97 Å². The maximum atomic E-state index is 12.1. The summed E-state index contributed by atoms with van der Waals surface area (Å²) in [5, 5.41) is 32.8. The predicted octanol–water partition coefficient (Wildman–Crippen LogP) is 4.23. The van der Waals surface area contributed by atoms with Crippen molar-refractivity contribution >= 4 is 40.8 Å². The van der Waals surface area contributed by atoms with Gasteiger partial charge in [0.05, 0.1) is 24.2 Å². The van der Waals surface area contributed by atoms with Crippen molar-refractivity contribution in [2.45, 2.75) is 37.0 Å². The van der Waals surface area contributed by atoms with Crippen LogP contribution in [0.15, 0.2) is 41.4 Å². The number of aromatic carboxylic acids is 1. The van der Waals surface area contributed by atoms with Crippen LogP contribution in [-0.4, -0.2) is 49.7 Å². The van der Waals surface area contributed by atoms with Crippen molar-refractivity contribution in [1.29, 1.82) is 0 Å². The van der Waals surface area contributed by atoms with E-state index in [9.17, 15) is 14.7 Å². The molecule has 0 aliphatic heterocycles. The average molecular weight is 481 g/mol. The van der Waals surface area contributed by atoms with Crippen molar-refractivity contribution in [1.82, 2.24) is 20.4 Å². The van der Waals surface area contributed by atoms with Crippen molar-refractivity contribution in [3.63, 3.8) is 0 Å². The fraction of sp³-hybridized carbons (Fsp3) is 0.304. The number of methoxy groups -OCH3 is 1. The predicted molar refractivity (Wildman–Crippen MR) is 129 cm³/mol. The summed E-state index contributed by atoms with van der Waals surface area (Å²) in [6, 6.07) is 10.6. The van der Waals surface area contributed by atoms with Crippen LogP contribution >= 0.6 is 11.8 Å². The Morgan fingerprint density at radius 1 is 1.09 bits per heavy atom. The third-order valence-electron chi connectivity index (χ3n) is 4.96. The molecule has 1 fully saturated rings. The Hall–Kier alpha value is -3.73. The summed E-state index contributed by atoms with van der Waals surface area (Å²) < 4.78 is 5.64. The van der Waals surface area contributed by atoms with Gasteiger partial charge in [0.25, 0.3) is 0 Å². The highest BCUT2D eigenvalue weighted by molar-refractivity contribution is 7.99. The van der Waals surface area contributed by atoms with Crippen molar-refractivity contribution in [2.24, 2.45) is 5.92 Å². The summed E-state index contributed by atoms with van der Waals surface area (Å²) in [4.78, 5) is 23.8. The largest absolute Gasteiger partial charge is 0.494 e. The fourth-order valence-corrected chi connectivity index (χ4v) is 3.97. The summed E-state index contributed by atoms with van der Waals surface area (Å²) in [6.45, 7) is 4.17. The van der Waals surface area contributed by atoms with Gasteiger partial charge in [-0.1, -0.05) is 19.9 Å². The van der Waals surface area contributed by atoms with Gasteiger partial charge in [-0.05, 0) is 37.1 Å². The van der Waals surface area contributed by atoms with E-state index in [1.165, 1.54) is 13.2 Å². The van der Waals surface area contributed by atoms with Gasteiger partial charge in [0.2, 0.25) is 5.91 Å². The van der Waals surface area contributed by atoms with E-state index in [1.54, 1.807) is 23.9 Å². The Bertz CT molecular complexity index is 1210. The fourth-order valence-electron chi connectivity index (χ4n) is 3.25. The number of amides is 1. The second kappa shape index (κ2) is 10.0. The van der Waals surface area contributed by atoms with Crippen LogP contribution in [0, 0.1) is 5.92 Å². The molecule has 0 spiro atoms. The molecule has 1 aliphatic carbocycles. The van der Waals surface area contributed by atoms with Gasteiger partial charge in [-0.25, -0.2) is 4.79 Å². The number of carbonyl (C=O) groups excluding carboxylic acids is 1. The zero-order chi connectivity index (χ0) is 24.2. The third-order valence-corrected chi connectivity index (χ3v) is 5.89. The first-order valence-electron chi connectivity index (χ1n) is 10.7. The molecule has 4 rings (SSSR count). The quantitative estimate of drug-likeness (QED) is 0.381. The molecule has 0 saturated heterocycles. The van der Waals surface area contributed by atoms with Crippen LogP contribution in [0.4, 0.5) is 17.2 Å². The molecule has 1 amide bonds. The third kappa shape index (κ3) is 5.42. The van der Waals surface area contributed by atoms with Crippen molar-refractivity contribution in [2.75, 3.05) is 17.7 Å². The number of hydrogen-bond donors (Lipinski definition) is 3.